The third-order valence-electron chi connectivity index (χ3n) is 4.62. The van der Waals surface area contributed by atoms with Gasteiger partial charge in [-0.25, -0.2) is 4.79 Å². The minimum atomic E-state index is -1.02. The maximum absolute atomic E-state index is 11.2. The number of benzene rings is 3. The number of methoxy groups -OCH3 is 1. The largest absolute Gasteiger partial charge is 0.493 e. The molecule has 3 aromatic rings. The number of aromatic carboxylic acids is 1. The number of anilines is 1. The quantitative estimate of drug-likeness (QED) is 0.431. The van der Waals surface area contributed by atoms with Gasteiger partial charge in [-0.1, -0.05) is 47.5 Å². The number of hydrogen-bond donors (Lipinski definition) is 2. The van der Waals surface area contributed by atoms with Crippen LogP contribution in [-0.2, 0) is 13.2 Å². The standard InChI is InChI=1S/C23H21Cl2NO4/c1-14-5-3-4-6-17(14)13-30-22-19(25)9-15(10-21(22)29-2)12-26-20-11-16(23(27)28)7-8-18(20)24/h3-11,26H,12-13H2,1-2H3,(H,27,28). The lowest BCUT2D eigenvalue weighted by molar-refractivity contribution is 0.0697. The van der Waals surface area contributed by atoms with Crippen LogP contribution in [0.15, 0.2) is 54.6 Å². The minimum absolute atomic E-state index is 0.150. The van der Waals surface area contributed by atoms with Gasteiger partial charge in [0.1, 0.15) is 6.61 Å². The molecule has 0 aromatic heterocycles. The van der Waals surface area contributed by atoms with E-state index in [1.807, 2.05) is 37.3 Å². The number of nitrogens with one attached hydrogen (secondary N) is 1. The van der Waals surface area contributed by atoms with E-state index < -0.39 is 5.97 Å². The number of halogens is 2. The van der Waals surface area contributed by atoms with Gasteiger partial charge in [-0.2, -0.15) is 0 Å². The van der Waals surface area contributed by atoms with Crippen molar-refractivity contribution in [1.82, 2.24) is 0 Å². The Morgan fingerprint density at radius 2 is 1.83 bits per heavy atom. The third-order valence-corrected chi connectivity index (χ3v) is 5.23. The monoisotopic (exact) mass is 445 g/mol. The van der Waals surface area contributed by atoms with Crippen molar-refractivity contribution in [3.8, 4) is 11.5 Å². The maximum Gasteiger partial charge on any atom is 0.335 e. The van der Waals surface area contributed by atoms with Crippen LogP contribution in [0.4, 0.5) is 5.69 Å². The van der Waals surface area contributed by atoms with Gasteiger partial charge in [0.25, 0.3) is 0 Å². The van der Waals surface area contributed by atoms with E-state index in [4.69, 9.17) is 37.8 Å². The number of carboxylic acids is 1. The van der Waals surface area contributed by atoms with Crippen LogP contribution in [0.3, 0.4) is 0 Å². The molecule has 0 saturated heterocycles. The van der Waals surface area contributed by atoms with E-state index in [1.165, 1.54) is 12.1 Å². The molecular weight excluding hydrogens is 425 g/mol. The van der Waals surface area contributed by atoms with Crippen molar-refractivity contribution in [3.05, 3.63) is 86.9 Å². The van der Waals surface area contributed by atoms with Crippen molar-refractivity contribution in [2.75, 3.05) is 12.4 Å². The Morgan fingerprint density at radius 1 is 1.07 bits per heavy atom. The Labute approximate surface area is 185 Å². The SMILES string of the molecule is COc1cc(CNc2cc(C(=O)O)ccc2Cl)cc(Cl)c1OCc1ccccc1C. The first-order valence-corrected chi connectivity index (χ1v) is 9.95. The first kappa shape index (κ1) is 21.8. The van der Waals surface area contributed by atoms with Gasteiger partial charge in [0.05, 0.1) is 28.4 Å². The number of carbonyl (C=O) groups is 1. The Kier molecular flexibility index (Phi) is 7.08. The van der Waals surface area contributed by atoms with E-state index in [9.17, 15) is 4.79 Å². The van der Waals surface area contributed by atoms with Crippen LogP contribution < -0.4 is 14.8 Å². The second kappa shape index (κ2) is 9.74. The van der Waals surface area contributed by atoms with Crippen molar-refractivity contribution >= 4 is 34.9 Å². The fourth-order valence-electron chi connectivity index (χ4n) is 2.93. The summed E-state index contributed by atoms with van der Waals surface area (Å²) in [7, 11) is 1.55. The molecule has 0 saturated carbocycles. The van der Waals surface area contributed by atoms with Crippen LogP contribution in [0.2, 0.25) is 10.0 Å². The molecule has 2 N–H and O–H groups in total. The summed E-state index contributed by atoms with van der Waals surface area (Å²) in [6.07, 6.45) is 0. The van der Waals surface area contributed by atoms with Gasteiger partial charge in [-0.05, 0) is 53.9 Å². The molecule has 3 rings (SSSR count). The number of hydrogen-bond acceptors (Lipinski definition) is 4. The van der Waals surface area contributed by atoms with Gasteiger partial charge >= 0.3 is 5.97 Å². The molecule has 0 aliphatic heterocycles. The van der Waals surface area contributed by atoms with Gasteiger partial charge in [0, 0.05) is 6.54 Å². The van der Waals surface area contributed by atoms with Crippen molar-refractivity contribution in [1.29, 1.82) is 0 Å². The van der Waals surface area contributed by atoms with Crippen LogP contribution in [0.5, 0.6) is 11.5 Å². The normalized spacial score (nSPS) is 10.5. The average molecular weight is 446 g/mol. The summed E-state index contributed by atoms with van der Waals surface area (Å²) in [6, 6.07) is 16.1. The summed E-state index contributed by atoms with van der Waals surface area (Å²) in [6.45, 7) is 2.77. The number of carboxylic acid groups (broad SMARTS) is 1. The molecule has 30 heavy (non-hydrogen) atoms. The van der Waals surface area contributed by atoms with Crippen molar-refractivity contribution in [2.24, 2.45) is 0 Å². The molecule has 156 valence electrons. The van der Waals surface area contributed by atoms with E-state index >= 15 is 0 Å². The minimum Gasteiger partial charge on any atom is -0.493 e. The van der Waals surface area contributed by atoms with Crippen molar-refractivity contribution in [2.45, 2.75) is 20.1 Å². The molecule has 5 nitrogen and oxygen atoms in total. The Balaban J connectivity index is 1.76. The van der Waals surface area contributed by atoms with Gasteiger partial charge in [-0.3, -0.25) is 0 Å². The Hall–Kier alpha value is -2.89. The average Bonchev–Trinajstić information content (AvgIpc) is 2.72. The van der Waals surface area contributed by atoms with Crippen LogP contribution in [-0.4, -0.2) is 18.2 Å². The fraction of sp³-hybridized carbons (Fsp3) is 0.174. The first-order valence-electron chi connectivity index (χ1n) is 9.19. The number of rotatable bonds is 8. The van der Waals surface area contributed by atoms with E-state index in [0.29, 0.717) is 40.4 Å². The van der Waals surface area contributed by atoms with E-state index in [2.05, 4.69) is 5.32 Å². The van der Waals surface area contributed by atoms with Gasteiger partial charge in [-0.15, -0.1) is 0 Å². The highest BCUT2D eigenvalue weighted by Gasteiger charge is 2.14. The first-order chi connectivity index (χ1) is 14.4. The molecule has 0 atom stereocenters. The summed E-state index contributed by atoms with van der Waals surface area (Å²) < 4.78 is 11.4. The topological polar surface area (TPSA) is 67.8 Å². The summed E-state index contributed by atoms with van der Waals surface area (Å²) in [4.78, 5) is 11.2. The molecule has 3 aromatic carbocycles. The lowest BCUT2D eigenvalue weighted by Gasteiger charge is -2.16. The van der Waals surface area contributed by atoms with Gasteiger partial charge in [0.15, 0.2) is 11.5 Å². The summed E-state index contributed by atoms with van der Waals surface area (Å²) in [5.74, 6) is -0.0371. The summed E-state index contributed by atoms with van der Waals surface area (Å²) >= 11 is 12.6. The van der Waals surface area contributed by atoms with E-state index in [0.717, 1.165) is 16.7 Å². The summed E-state index contributed by atoms with van der Waals surface area (Å²) in [5, 5.41) is 13.1. The zero-order chi connectivity index (χ0) is 21.7. The second-order valence-electron chi connectivity index (χ2n) is 6.68. The van der Waals surface area contributed by atoms with Crippen LogP contribution in [0.1, 0.15) is 27.0 Å². The predicted molar refractivity (Wildman–Crippen MR) is 119 cm³/mol. The van der Waals surface area contributed by atoms with Crippen LogP contribution >= 0.6 is 23.2 Å². The summed E-state index contributed by atoms with van der Waals surface area (Å²) in [5.41, 5.74) is 3.70. The number of aryl methyl sites for hydroxylation is 1. The maximum atomic E-state index is 11.2. The molecule has 0 fully saturated rings. The zero-order valence-electron chi connectivity index (χ0n) is 16.5. The highest BCUT2D eigenvalue weighted by atomic mass is 35.5. The lowest BCUT2D eigenvalue weighted by Crippen LogP contribution is -2.04. The van der Waals surface area contributed by atoms with Crippen LogP contribution in [0, 0.1) is 6.92 Å². The highest BCUT2D eigenvalue weighted by molar-refractivity contribution is 6.33. The molecule has 7 heteroatoms. The third kappa shape index (κ3) is 5.17. The second-order valence-corrected chi connectivity index (χ2v) is 7.49. The Morgan fingerprint density at radius 3 is 2.53 bits per heavy atom. The molecule has 0 aliphatic rings. The molecule has 0 radical (unpaired) electrons. The van der Waals surface area contributed by atoms with E-state index in [-0.39, 0.29) is 5.56 Å². The zero-order valence-corrected chi connectivity index (χ0v) is 18.1. The molecule has 0 unspecified atom stereocenters. The highest BCUT2D eigenvalue weighted by Crippen LogP contribution is 2.37. The molecular formula is C23H21Cl2NO4. The Bertz CT molecular complexity index is 1070. The molecule has 0 spiro atoms. The number of ether oxygens (including phenoxy) is 2. The van der Waals surface area contributed by atoms with Crippen molar-refractivity contribution < 1.29 is 19.4 Å². The molecule has 0 heterocycles. The smallest absolute Gasteiger partial charge is 0.335 e. The molecule has 0 amide bonds. The van der Waals surface area contributed by atoms with Gasteiger partial charge < -0.3 is 19.9 Å². The van der Waals surface area contributed by atoms with E-state index in [1.54, 1.807) is 19.2 Å². The molecule has 0 bridgehead atoms. The fourth-order valence-corrected chi connectivity index (χ4v) is 3.40. The van der Waals surface area contributed by atoms with Crippen LogP contribution in [0.25, 0.3) is 0 Å². The predicted octanol–water partition coefficient (Wildman–Crippen LogP) is 6.20. The molecule has 0 aliphatic carbocycles. The lowest BCUT2D eigenvalue weighted by atomic mass is 10.1. The van der Waals surface area contributed by atoms with Crippen molar-refractivity contribution in [3.63, 3.8) is 0 Å². The van der Waals surface area contributed by atoms with Gasteiger partial charge in [0.2, 0.25) is 0 Å².